The predicted molar refractivity (Wildman–Crippen MR) is 74.2 cm³/mol. The van der Waals surface area contributed by atoms with Crippen LogP contribution in [0, 0.1) is 20.8 Å². The van der Waals surface area contributed by atoms with E-state index in [0.29, 0.717) is 5.56 Å². The van der Waals surface area contributed by atoms with Crippen molar-refractivity contribution in [3.63, 3.8) is 0 Å². The SMILES string of the molecule is Cc1cc(S(N)(=O)=O)c(C)cc1-c1cn(C)nc1C. The molecule has 0 spiro atoms. The summed E-state index contributed by atoms with van der Waals surface area (Å²) in [5.74, 6) is 0. The first-order valence-electron chi connectivity index (χ1n) is 5.85. The number of rotatable bonds is 2. The minimum absolute atomic E-state index is 0.176. The van der Waals surface area contributed by atoms with E-state index in [4.69, 9.17) is 5.14 Å². The maximum Gasteiger partial charge on any atom is 0.238 e. The second-order valence-electron chi connectivity index (χ2n) is 4.78. The number of primary sulfonamides is 1. The fraction of sp³-hybridized carbons (Fsp3) is 0.308. The summed E-state index contributed by atoms with van der Waals surface area (Å²) in [5, 5.41) is 9.51. The van der Waals surface area contributed by atoms with Gasteiger partial charge in [-0.25, -0.2) is 13.6 Å². The Bertz CT molecular complexity index is 745. The molecule has 0 amide bonds. The molecule has 0 radical (unpaired) electrons. The van der Waals surface area contributed by atoms with Gasteiger partial charge in [-0.05, 0) is 49.6 Å². The van der Waals surface area contributed by atoms with Crippen LogP contribution in [0.4, 0.5) is 0 Å². The van der Waals surface area contributed by atoms with E-state index in [2.05, 4.69) is 5.10 Å². The van der Waals surface area contributed by atoms with Gasteiger partial charge in [0.15, 0.2) is 0 Å². The molecule has 0 atom stereocenters. The lowest BCUT2D eigenvalue weighted by molar-refractivity contribution is 0.597. The molecule has 0 saturated carbocycles. The highest BCUT2D eigenvalue weighted by Crippen LogP contribution is 2.29. The molecule has 0 saturated heterocycles. The Morgan fingerprint density at radius 1 is 1.11 bits per heavy atom. The van der Waals surface area contributed by atoms with Crippen molar-refractivity contribution in [2.24, 2.45) is 12.2 Å². The van der Waals surface area contributed by atoms with Crippen molar-refractivity contribution in [2.45, 2.75) is 25.7 Å². The Labute approximate surface area is 113 Å². The van der Waals surface area contributed by atoms with E-state index in [1.54, 1.807) is 17.7 Å². The summed E-state index contributed by atoms with van der Waals surface area (Å²) in [6, 6.07) is 3.46. The Balaban J connectivity index is 2.69. The van der Waals surface area contributed by atoms with Crippen LogP contribution in [0.5, 0.6) is 0 Å². The lowest BCUT2D eigenvalue weighted by Crippen LogP contribution is -2.14. The van der Waals surface area contributed by atoms with Crippen molar-refractivity contribution in [2.75, 3.05) is 0 Å². The first-order chi connectivity index (χ1) is 8.70. The van der Waals surface area contributed by atoms with Gasteiger partial charge in [-0.15, -0.1) is 0 Å². The van der Waals surface area contributed by atoms with Gasteiger partial charge in [-0.3, -0.25) is 4.68 Å². The van der Waals surface area contributed by atoms with Gasteiger partial charge in [0.1, 0.15) is 0 Å². The number of hydrogen-bond donors (Lipinski definition) is 1. The highest BCUT2D eigenvalue weighted by Gasteiger charge is 2.16. The molecular weight excluding hydrogens is 262 g/mol. The standard InChI is InChI=1S/C13H17N3O2S/c1-8-6-13(19(14,17)18)9(2)5-11(8)12-7-16(4)15-10(12)3/h5-7H,1-4H3,(H2,14,17,18). The molecule has 0 aliphatic carbocycles. The van der Waals surface area contributed by atoms with Crippen molar-refractivity contribution >= 4 is 10.0 Å². The summed E-state index contributed by atoms with van der Waals surface area (Å²) < 4.78 is 24.7. The van der Waals surface area contributed by atoms with Crippen molar-refractivity contribution in [1.82, 2.24) is 9.78 Å². The lowest BCUT2D eigenvalue weighted by Gasteiger charge is -2.10. The Morgan fingerprint density at radius 3 is 2.21 bits per heavy atom. The lowest BCUT2D eigenvalue weighted by atomic mass is 9.99. The minimum Gasteiger partial charge on any atom is -0.275 e. The van der Waals surface area contributed by atoms with Gasteiger partial charge in [0, 0.05) is 18.8 Å². The smallest absolute Gasteiger partial charge is 0.238 e. The Morgan fingerprint density at radius 2 is 1.74 bits per heavy atom. The van der Waals surface area contributed by atoms with Gasteiger partial charge in [-0.1, -0.05) is 0 Å². The highest BCUT2D eigenvalue weighted by atomic mass is 32.2. The first kappa shape index (κ1) is 13.8. The fourth-order valence-corrected chi connectivity index (χ4v) is 3.10. The van der Waals surface area contributed by atoms with Gasteiger partial charge in [0.05, 0.1) is 10.6 Å². The van der Waals surface area contributed by atoms with Gasteiger partial charge >= 0.3 is 0 Å². The van der Waals surface area contributed by atoms with E-state index in [1.807, 2.05) is 33.2 Å². The van der Waals surface area contributed by atoms with Crippen LogP contribution >= 0.6 is 0 Å². The van der Waals surface area contributed by atoms with E-state index in [1.165, 1.54) is 0 Å². The molecule has 0 aliphatic rings. The number of nitrogens with two attached hydrogens (primary N) is 1. The third kappa shape index (κ3) is 2.54. The molecule has 2 rings (SSSR count). The highest BCUT2D eigenvalue weighted by molar-refractivity contribution is 7.89. The van der Waals surface area contributed by atoms with E-state index in [-0.39, 0.29) is 4.90 Å². The molecule has 0 aliphatic heterocycles. The van der Waals surface area contributed by atoms with Gasteiger partial charge < -0.3 is 0 Å². The summed E-state index contributed by atoms with van der Waals surface area (Å²) in [5.41, 5.74) is 4.41. The van der Waals surface area contributed by atoms with Gasteiger partial charge in [0.2, 0.25) is 10.0 Å². The number of sulfonamides is 1. The molecule has 0 bridgehead atoms. The van der Waals surface area contributed by atoms with Crippen LogP contribution in [-0.2, 0) is 17.1 Å². The number of nitrogens with zero attached hydrogens (tertiary/aromatic N) is 2. The number of aromatic nitrogens is 2. The molecule has 1 heterocycles. The normalized spacial score (nSPS) is 11.8. The monoisotopic (exact) mass is 279 g/mol. The Hall–Kier alpha value is -1.66. The molecule has 2 N–H and O–H groups in total. The summed E-state index contributed by atoms with van der Waals surface area (Å²) in [4.78, 5) is 0.176. The molecule has 1 aromatic heterocycles. The fourth-order valence-electron chi connectivity index (χ4n) is 2.25. The predicted octanol–water partition coefficient (Wildman–Crippen LogP) is 1.66. The average Bonchev–Trinajstić information content (AvgIpc) is 2.59. The number of benzene rings is 1. The zero-order valence-electron chi connectivity index (χ0n) is 11.4. The molecule has 19 heavy (non-hydrogen) atoms. The van der Waals surface area contributed by atoms with Crippen LogP contribution in [0.1, 0.15) is 16.8 Å². The van der Waals surface area contributed by atoms with Crippen LogP contribution in [0.3, 0.4) is 0 Å². The molecule has 102 valence electrons. The largest absolute Gasteiger partial charge is 0.275 e. The zero-order valence-corrected chi connectivity index (χ0v) is 12.2. The molecule has 2 aromatic rings. The average molecular weight is 279 g/mol. The third-order valence-corrected chi connectivity index (χ3v) is 4.18. The maximum atomic E-state index is 11.5. The summed E-state index contributed by atoms with van der Waals surface area (Å²) in [6.45, 7) is 5.54. The molecule has 0 unspecified atom stereocenters. The van der Waals surface area contributed by atoms with E-state index >= 15 is 0 Å². The third-order valence-electron chi connectivity index (χ3n) is 3.13. The van der Waals surface area contributed by atoms with E-state index in [0.717, 1.165) is 22.4 Å². The van der Waals surface area contributed by atoms with E-state index < -0.39 is 10.0 Å². The van der Waals surface area contributed by atoms with Crippen LogP contribution in [0.25, 0.3) is 11.1 Å². The summed E-state index contributed by atoms with van der Waals surface area (Å²) in [7, 11) is -1.82. The topological polar surface area (TPSA) is 78.0 Å². The molecule has 6 heteroatoms. The van der Waals surface area contributed by atoms with Gasteiger partial charge in [-0.2, -0.15) is 5.10 Å². The van der Waals surface area contributed by atoms with Gasteiger partial charge in [0.25, 0.3) is 0 Å². The molecule has 0 fully saturated rings. The molecule has 5 nitrogen and oxygen atoms in total. The van der Waals surface area contributed by atoms with Crippen molar-refractivity contribution in [3.8, 4) is 11.1 Å². The van der Waals surface area contributed by atoms with Crippen LogP contribution in [0.15, 0.2) is 23.2 Å². The quantitative estimate of drug-likeness (QED) is 0.908. The Kier molecular flexibility index (Phi) is 3.24. The number of hydrogen-bond acceptors (Lipinski definition) is 3. The summed E-state index contributed by atoms with van der Waals surface area (Å²) >= 11 is 0. The van der Waals surface area contributed by atoms with Crippen molar-refractivity contribution in [3.05, 3.63) is 35.2 Å². The maximum absolute atomic E-state index is 11.5. The van der Waals surface area contributed by atoms with Crippen LogP contribution in [-0.4, -0.2) is 18.2 Å². The van der Waals surface area contributed by atoms with Crippen LogP contribution < -0.4 is 5.14 Å². The second-order valence-corrected chi connectivity index (χ2v) is 6.31. The molecular formula is C13H17N3O2S. The number of aryl methyl sites for hydroxylation is 4. The van der Waals surface area contributed by atoms with Crippen molar-refractivity contribution < 1.29 is 8.42 Å². The first-order valence-corrected chi connectivity index (χ1v) is 7.39. The minimum atomic E-state index is -3.68. The molecule has 1 aromatic carbocycles. The zero-order chi connectivity index (χ0) is 14.4. The van der Waals surface area contributed by atoms with E-state index in [9.17, 15) is 8.42 Å². The summed E-state index contributed by atoms with van der Waals surface area (Å²) in [6.07, 6.45) is 1.92. The second kappa shape index (κ2) is 4.47. The van der Waals surface area contributed by atoms with Crippen molar-refractivity contribution in [1.29, 1.82) is 0 Å². The van der Waals surface area contributed by atoms with Crippen LogP contribution in [0.2, 0.25) is 0 Å².